The number of hydrogen-bond acceptors (Lipinski definition) is 4. The molecule has 0 aliphatic heterocycles. The summed E-state index contributed by atoms with van der Waals surface area (Å²) in [6.45, 7) is 5.89. The predicted octanol–water partition coefficient (Wildman–Crippen LogP) is 3.79. The van der Waals surface area contributed by atoms with E-state index in [0.717, 1.165) is 41.0 Å². The van der Waals surface area contributed by atoms with Gasteiger partial charge in [-0.05, 0) is 31.5 Å². The van der Waals surface area contributed by atoms with Gasteiger partial charge in [-0.1, -0.05) is 36.4 Å². The van der Waals surface area contributed by atoms with Crippen molar-refractivity contribution in [2.45, 2.75) is 26.9 Å². The minimum absolute atomic E-state index is 0. The van der Waals surface area contributed by atoms with E-state index in [0.29, 0.717) is 13.1 Å². The van der Waals surface area contributed by atoms with Crippen molar-refractivity contribution < 1.29 is 4.74 Å². The quantitative estimate of drug-likeness (QED) is 0.290. The molecule has 7 nitrogen and oxygen atoms in total. The van der Waals surface area contributed by atoms with Crippen molar-refractivity contribution in [3.05, 3.63) is 71.8 Å². The van der Waals surface area contributed by atoms with Crippen LogP contribution in [-0.4, -0.2) is 27.3 Å². The van der Waals surface area contributed by atoms with Crippen LogP contribution >= 0.6 is 24.0 Å². The van der Waals surface area contributed by atoms with E-state index in [1.807, 2.05) is 69.4 Å². The number of guanidine groups is 1. The number of hydrogen-bond donors (Lipinski definition) is 2. The molecule has 2 aromatic carbocycles. The van der Waals surface area contributed by atoms with Gasteiger partial charge < -0.3 is 15.4 Å². The molecule has 0 fully saturated rings. The average Bonchev–Trinajstić information content (AvgIpc) is 3.11. The largest absolute Gasteiger partial charge is 0.457 e. The number of rotatable bonds is 7. The average molecular weight is 506 g/mol. The smallest absolute Gasteiger partial charge is 0.191 e. The van der Waals surface area contributed by atoms with Crippen LogP contribution < -0.4 is 15.4 Å². The van der Waals surface area contributed by atoms with Crippen LogP contribution in [-0.2, 0) is 20.1 Å². The second kappa shape index (κ2) is 11.4. The maximum atomic E-state index is 6.14. The second-order valence-electron chi connectivity index (χ2n) is 6.32. The first-order valence-corrected chi connectivity index (χ1v) is 9.33. The molecule has 8 heteroatoms. The molecule has 0 unspecified atom stereocenters. The highest BCUT2D eigenvalue weighted by molar-refractivity contribution is 14.0. The van der Waals surface area contributed by atoms with Gasteiger partial charge in [-0.2, -0.15) is 5.10 Å². The van der Waals surface area contributed by atoms with E-state index in [1.54, 1.807) is 11.0 Å². The molecule has 0 saturated carbocycles. The van der Waals surface area contributed by atoms with Gasteiger partial charge in [-0.3, -0.25) is 4.68 Å². The Morgan fingerprint density at radius 1 is 1.07 bits per heavy atom. The van der Waals surface area contributed by atoms with Gasteiger partial charge in [0.25, 0.3) is 0 Å². The van der Waals surface area contributed by atoms with Crippen molar-refractivity contribution >= 4 is 29.9 Å². The second-order valence-corrected chi connectivity index (χ2v) is 6.32. The summed E-state index contributed by atoms with van der Waals surface area (Å²) in [5.74, 6) is 3.22. The molecule has 0 aliphatic rings. The standard InChI is InChI=1S/C21H26N6O.HI/c1-4-22-21(24-14-20-25-15-26-27(20)3)23-13-17-10-6-8-12-19(17)28-18-11-7-5-9-16(18)2;/h5-12,15H,4,13-14H2,1-3H3,(H2,22,23,24);1H. The Kier molecular flexibility index (Phi) is 8.91. The zero-order chi connectivity index (χ0) is 19.8. The van der Waals surface area contributed by atoms with Crippen LogP contribution in [0.5, 0.6) is 11.5 Å². The Labute approximate surface area is 188 Å². The van der Waals surface area contributed by atoms with Gasteiger partial charge in [0, 0.05) is 19.2 Å². The highest BCUT2D eigenvalue weighted by Gasteiger charge is 2.07. The molecule has 1 heterocycles. The van der Waals surface area contributed by atoms with E-state index < -0.39 is 0 Å². The normalized spacial score (nSPS) is 10.9. The molecule has 3 rings (SSSR count). The number of aromatic nitrogens is 3. The summed E-state index contributed by atoms with van der Waals surface area (Å²) >= 11 is 0. The molecule has 154 valence electrons. The number of halogens is 1. The van der Waals surface area contributed by atoms with E-state index in [-0.39, 0.29) is 24.0 Å². The Hall–Kier alpha value is -2.62. The Bertz CT molecular complexity index is 940. The third-order valence-corrected chi connectivity index (χ3v) is 4.26. The summed E-state index contributed by atoms with van der Waals surface area (Å²) in [4.78, 5) is 8.92. The van der Waals surface area contributed by atoms with Crippen molar-refractivity contribution in [3.63, 3.8) is 0 Å². The summed E-state index contributed by atoms with van der Waals surface area (Å²) < 4.78 is 7.87. The monoisotopic (exact) mass is 506 g/mol. The SMILES string of the molecule is CCNC(=NCc1ccccc1Oc1ccccc1C)NCc1ncnn1C.I. The van der Waals surface area contributed by atoms with E-state index in [2.05, 4.69) is 20.7 Å². The van der Waals surface area contributed by atoms with Gasteiger partial charge in [-0.25, -0.2) is 9.98 Å². The summed E-state index contributed by atoms with van der Waals surface area (Å²) in [6, 6.07) is 16.0. The molecule has 1 aromatic heterocycles. The third kappa shape index (κ3) is 6.45. The van der Waals surface area contributed by atoms with Crippen LogP contribution in [0.25, 0.3) is 0 Å². The lowest BCUT2D eigenvalue weighted by atomic mass is 10.2. The van der Waals surface area contributed by atoms with Gasteiger partial charge in [0.2, 0.25) is 0 Å². The fraction of sp³-hybridized carbons (Fsp3) is 0.286. The first-order chi connectivity index (χ1) is 13.7. The molecule has 3 aromatic rings. The van der Waals surface area contributed by atoms with Gasteiger partial charge in [0.15, 0.2) is 5.96 Å². The lowest BCUT2D eigenvalue weighted by molar-refractivity contribution is 0.473. The zero-order valence-electron chi connectivity index (χ0n) is 16.9. The van der Waals surface area contributed by atoms with Crippen LogP contribution in [0.3, 0.4) is 0 Å². The maximum Gasteiger partial charge on any atom is 0.191 e. The topological polar surface area (TPSA) is 76.4 Å². The molecule has 29 heavy (non-hydrogen) atoms. The molecule has 0 bridgehead atoms. The Morgan fingerprint density at radius 3 is 2.48 bits per heavy atom. The molecular weight excluding hydrogens is 479 g/mol. The first kappa shape index (κ1) is 22.7. The maximum absolute atomic E-state index is 6.14. The number of nitrogens with zero attached hydrogens (tertiary/aromatic N) is 4. The van der Waals surface area contributed by atoms with Crippen LogP contribution in [0.1, 0.15) is 23.9 Å². The molecule has 0 aliphatic carbocycles. The zero-order valence-corrected chi connectivity index (χ0v) is 19.3. The van der Waals surface area contributed by atoms with Crippen molar-refractivity contribution in [2.24, 2.45) is 12.0 Å². The minimum Gasteiger partial charge on any atom is -0.457 e. The number of para-hydroxylation sites is 2. The van der Waals surface area contributed by atoms with Gasteiger partial charge >= 0.3 is 0 Å². The van der Waals surface area contributed by atoms with Gasteiger partial charge in [-0.15, -0.1) is 24.0 Å². The fourth-order valence-corrected chi connectivity index (χ4v) is 2.67. The van der Waals surface area contributed by atoms with Crippen molar-refractivity contribution in [1.29, 1.82) is 0 Å². The van der Waals surface area contributed by atoms with Gasteiger partial charge in [0.05, 0.1) is 13.1 Å². The molecule has 0 atom stereocenters. The van der Waals surface area contributed by atoms with E-state index in [9.17, 15) is 0 Å². The fourth-order valence-electron chi connectivity index (χ4n) is 2.67. The molecule has 0 amide bonds. The van der Waals surface area contributed by atoms with Crippen LogP contribution in [0, 0.1) is 6.92 Å². The number of benzene rings is 2. The molecular formula is C21H27IN6O. The highest BCUT2D eigenvalue weighted by Crippen LogP contribution is 2.28. The number of nitrogens with one attached hydrogen (secondary N) is 2. The van der Waals surface area contributed by atoms with Crippen LogP contribution in [0.2, 0.25) is 0 Å². The van der Waals surface area contributed by atoms with E-state index in [1.165, 1.54) is 0 Å². The summed E-state index contributed by atoms with van der Waals surface area (Å²) in [6.07, 6.45) is 1.54. The first-order valence-electron chi connectivity index (χ1n) is 9.33. The van der Waals surface area contributed by atoms with Crippen molar-refractivity contribution in [1.82, 2.24) is 25.4 Å². The molecule has 0 spiro atoms. The summed E-state index contributed by atoms with van der Waals surface area (Å²) in [5.41, 5.74) is 2.11. The molecule has 2 N–H and O–H groups in total. The van der Waals surface area contributed by atoms with Gasteiger partial charge in [0.1, 0.15) is 23.7 Å². The van der Waals surface area contributed by atoms with Crippen molar-refractivity contribution in [3.8, 4) is 11.5 Å². The molecule has 0 saturated heterocycles. The van der Waals surface area contributed by atoms with Crippen LogP contribution in [0.15, 0.2) is 59.9 Å². The summed E-state index contributed by atoms with van der Waals surface area (Å²) in [7, 11) is 1.87. The lowest BCUT2D eigenvalue weighted by Crippen LogP contribution is -2.37. The Morgan fingerprint density at radius 2 is 1.79 bits per heavy atom. The third-order valence-electron chi connectivity index (χ3n) is 4.26. The number of aliphatic imine (C=N–C) groups is 1. The number of aryl methyl sites for hydroxylation is 2. The summed E-state index contributed by atoms with van der Waals surface area (Å²) in [5, 5.41) is 10.6. The molecule has 0 radical (unpaired) electrons. The highest BCUT2D eigenvalue weighted by atomic mass is 127. The van der Waals surface area contributed by atoms with E-state index in [4.69, 9.17) is 9.73 Å². The number of ether oxygens (including phenoxy) is 1. The minimum atomic E-state index is 0. The lowest BCUT2D eigenvalue weighted by Gasteiger charge is -2.13. The van der Waals surface area contributed by atoms with Crippen LogP contribution in [0.4, 0.5) is 0 Å². The predicted molar refractivity (Wildman–Crippen MR) is 126 cm³/mol. The Balaban J connectivity index is 0.00000300. The van der Waals surface area contributed by atoms with E-state index >= 15 is 0 Å². The van der Waals surface area contributed by atoms with Crippen molar-refractivity contribution in [2.75, 3.05) is 6.54 Å².